The summed E-state index contributed by atoms with van der Waals surface area (Å²) < 4.78 is 3.87. The van der Waals surface area contributed by atoms with Crippen LogP contribution in [0.2, 0.25) is 0 Å². The lowest BCUT2D eigenvalue weighted by molar-refractivity contribution is 0.647. The van der Waals surface area contributed by atoms with E-state index in [1.807, 2.05) is 40.9 Å². The maximum atomic E-state index is 4.85. The molecule has 0 unspecified atom stereocenters. The molecule has 0 radical (unpaired) electrons. The number of hydrogen-bond acceptors (Lipinski definition) is 4. The molecule has 0 aliphatic carbocycles. The quantitative estimate of drug-likeness (QED) is 0.448. The van der Waals surface area contributed by atoms with Gasteiger partial charge in [0, 0.05) is 49.5 Å². The molecule has 148 valence electrons. The minimum absolute atomic E-state index is 0.759. The minimum Gasteiger partial charge on any atom is -0.313 e. The third-order valence-corrected chi connectivity index (χ3v) is 4.85. The second-order valence-electron chi connectivity index (χ2n) is 7.23. The summed E-state index contributed by atoms with van der Waals surface area (Å²) in [5, 5.41) is 12.6. The van der Waals surface area contributed by atoms with Crippen molar-refractivity contribution in [2.75, 3.05) is 6.54 Å². The standard InChI is InChI=1S/C23H26N6/c1-28-16-20(13-26-28)9-5-11-25-15-22-18-29(17-19-7-3-2-4-8-19)27-23(22)21-10-6-12-24-14-21/h2-4,6-8,10,12-14,16,18,25H,5,9,11,15,17H2,1H3. The van der Waals surface area contributed by atoms with Gasteiger partial charge in [-0.25, -0.2) is 0 Å². The van der Waals surface area contributed by atoms with Crippen LogP contribution in [-0.4, -0.2) is 31.1 Å². The van der Waals surface area contributed by atoms with Gasteiger partial charge in [-0.3, -0.25) is 14.3 Å². The van der Waals surface area contributed by atoms with E-state index < -0.39 is 0 Å². The van der Waals surface area contributed by atoms with E-state index in [1.165, 1.54) is 16.7 Å². The molecule has 0 bridgehead atoms. The van der Waals surface area contributed by atoms with Gasteiger partial charge in [0.05, 0.1) is 18.4 Å². The molecule has 3 aromatic heterocycles. The monoisotopic (exact) mass is 386 g/mol. The maximum Gasteiger partial charge on any atom is 0.0983 e. The molecule has 29 heavy (non-hydrogen) atoms. The fourth-order valence-electron chi connectivity index (χ4n) is 3.43. The Morgan fingerprint density at radius 1 is 0.966 bits per heavy atom. The average Bonchev–Trinajstić information content (AvgIpc) is 3.35. The molecular formula is C23H26N6. The van der Waals surface area contributed by atoms with Gasteiger partial charge < -0.3 is 5.32 Å². The third-order valence-electron chi connectivity index (χ3n) is 4.85. The molecule has 4 aromatic rings. The SMILES string of the molecule is Cn1cc(CCCNCc2cn(Cc3ccccc3)nc2-c2cccnc2)cn1. The van der Waals surface area contributed by atoms with Gasteiger partial charge in [0.25, 0.3) is 0 Å². The van der Waals surface area contributed by atoms with Gasteiger partial charge in [-0.2, -0.15) is 10.2 Å². The van der Waals surface area contributed by atoms with E-state index in [0.29, 0.717) is 0 Å². The molecule has 0 saturated heterocycles. The number of nitrogens with one attached hydrogen (secondary N) is 1. The first kappa shape index (κ1) is 19.1. The predicted octanol–water partition coefficient (Wildman–Crippen LogP) is 3.45. The number of hydrogen-bond donors (Lipinski definition) is 1. The number of aromatic nitrogens is 5. The van der Waals surface area contributed by atoms with E-state index in [9.17, 15) is 0 Å². The first-order valence-electron chi connectivity index (χ1n) is 9.97. The van der Waals surface area contributed by atoms with Crippen molar-refractivity contribution in [3.8, 4) is 11.3 Å². The lowest BCUT2D eigenvalue weighted by Crippen LogP contribution is -2.15. The van der Waals surface area contributed by atoms with Gasteiger partial charge in [0.2, 0.25) is 0 Å². The van der Waals surface area contributed by atoms with Crippen molar-refractivity contribution < 1.29 is 0 Å². The molecule has 0 amide bonds. The van der Waals surface area contributed by atoms with Crippen molar-refractivity contribution in [2.45, 2.75) is 25.9 Å². The number of rotatable bonds is 9. The zero-order valence-electron chi connectivity index (χ0n) is 16.7. The first-order valence-corrected chi connectivity index (χ1v) is 9.97. The summed E-state index contributed by atoms with van der Waals surface area (Å²) >= 11 is 0. The summed E-state index contributed by atoms with van der Waals surface area (Å²) in [7, 11) is 1.95. The Kier molecular flexibility index (Phi) is 6.12. The Bertz CT molecular complexity index is 1020. The van der Waals surface area contributed by atoms with E-state index in [2.05, 4.69) is 58.1 Å². The smallest absolute Gasteiger partial charge is 0.0983 e. The van der Waals surface area contributed by atoms with Gasteiger partial charge in [-0.15, -0.1) is 0 Å². The number of benzene rings is 1. The van der Waals surface area contributed by atoms with Crippen LogP contribution in [0.25, 0.3) is 11.3 Å². The average molecular weight is 387 g/mol. The van der Waals surface area contributed by atoms with Crippen molar-refractivity contribution >= 4 is 0 Å². The highest BCUT2D eigenvalue weighted by Crippen LogP contribution is 2.21. The van der Waals surface area contributed by atoms with Crippen LogP contribution in [0.3, 0.4) is 0 Å². The van der Waals surface area contributed by atoms with E-state index in [4.69, 9.17) is 5.10 Å². The Morgan fingerprint density at radius 2 is 1.86 bits per heavy atom. The van der Waals surface area contributed by atoms with Crippen LogP contribution in [0.15, 0.2) is 73.4 Å². The molecule has 6 heteroatoms. The van der Waals surface area contributed by atoms with Gasteiger partial charge in [0.15, 0.2) is 0 Å². The summed E-state index contributed by atoms with van der Waals surface area (Å²) in [5.74, 6) is 0. The fourth-order valence-corrected chi connectivity index (χ4v) is 3.43. The molecule has 0 aliphatic heterocycles. The normalized spacial score (nSPS) is 11.1. The van der Waals surface area contributed by atoms with Crippen molar-refractivity contribution in [3.63, 3.8) is 0 Å². The second-order valence-corrected chi connectivity index (χ2v) is 7.23. The lowest BCUT2D eigenvalue weighted by Gasteiger charge is -2.05. The minimum atomic E-state index is 0.759. The van der Waals surface area contributed by atoms with Crippen LogP contribution in [-0.2, 0) is 26.6 Å². The van der Waals surface area contributed by atoms with E-state index in [0.717, 1.165) is 43.7 Å². The third kappa shape index (κ3) is 5.18. The van der Waals surface area contributed by atoms with Crippen LogP contribution < -0.4 is 5.32 Å². The molecule has 1 aromatic carbocycles. The molecule has 0 saturated carbocycles. The maximum absolute atomic E-state index is 4.85. The molecule has 6 nitrogen and oxygen atoms in total. The van der Waals surface area contributed by atoms with Gasteiger partial charge in [-0.05, 0) is 42.6 Å². The summed E-state index contributed by atoms with van der Waals surface area (Å²) in [6.45, 7) is 2.49. The van der Waals surface area contributed by atoms with Gasteiger partial charge >= 0.3 is 0 Å². The number of pyridine rings is 1. The summed E-state index contributed by atoms with van der Waals surface area (Å²) in [4.78, 5) is 4.26. The molecule has 3 heterocycles. The Morgan fingerprint density at radius 3 is 2.62 bits per heavy atom. The lowest BCUT2D eigenvalue weighted by atomic mass is 10.1. The summed E-state index contributed by atoms with van der Waals surface area (Å²) in [6, 6.07) is 14.4. The second kappa shape index (κ2) is 9.30. The van der Waals surface area contributed by atoms with E-state index in [1.54, 1.807) is 6.20 Å². The van der Waals surface area contributed by atoms with E-state index >= 15 is 0 Å². The molecule has 0 aliphatic rings. The summed E-state index contributed by atoms with van der Waals surface area (Å²) in [5.41, 5.74) is 5.75. The molecule has 0 fully saturated rings. The van der Waals surface area contributed by atoms with Crippen LogP contribution in [0.5, 0.6) is 0 Å². The van der Waals surface area contributed by atoms with Crippen LogP contribution in [0.1, 0.15) is 23.1 Å². The molecule has 1 N–H and O–H groups in total. The number of nitrogens with zero attached hydrogens (tertiary/aromatic N) is 5. The zero-order valence-corrected chi connectivity index (χ0v) is 16.7. The first-order chi connectivity index (χ1) is 14.3. The largest absolute Gasteiger partial charge is 0.313 e. The molecular weight excluding hydrogens is 360 g/mol. The Labute approximate surface area is 171 Å². The Balaban J connectivity index is 1.41. The van der Waals surface area contributed by atoms with Crippen LogP contribution in [0, 0.1) is 0 Å². The van der Waals surface area contributed by atoms with Crippen molar-refractivity contribution in [1.82, 2.24) is 29.9 Å². The summed E-state index contributed by atoms with van der Waals surface area (Å²) in [6.07, 6.45) is 11.9. The molecule has 0 atom stereocenters. The van der Waals surface area contributed by atoms with E-state index in [-0.39, 0.29) is 0 Å². The fraction of sp³-hybridized carbons (Fsp3) is 0.261. The van der Waals surface area contributed by atoms with Crippen molar-refractivity contribution in [1.29, 1.82) is 0 Å². The van der Waals surface area contributed by atoms with Crippen molar-refractivity contribution in [3.05, 3.63) is 90.1 Å². The van der Waals surface area contributed by atoms with Crippen LogP contribution in [0.4, 0.5) is 0 Å². The van der Waals surface area contributed by atoms with Crippen molar-refractivity contribution in [2.24, 2.45) is 7.05 Å². The Hall–Kier alpha value is -3.25. The molecule has 0 spiro atoms. The topological polar surface area (TPSA) is 60.6 Å². The predicted molar refractivity (Wildman–Crippen MR) is 114 cm³/mol. The van der Waals surface area contributed by atoms with Gasteiger partial charge in [-0.1, -0.05) is 30.3 Å². The number of aryl methyl sites for hydroxylation is 2. The highest BCUT2D eigenvalue weighted by molar-refractivity contribution is 5.61. The molecule has 4 rings (SSSR count). The highest BCUT2D eigenvalue weighted by atomic mass is 15.3. The van der Waals surface area contributed by atoms with Gasteiger partial charge in [0.1, 0.15) is 0 Å². The highest BCUT2D eigenvalue weighted by Gasteiger charge is 2.11. The zero-order chi connectivity index (χ0) is 19.9. The van der Waals surface area contributed by atoms with Crippen LogP contribution >= 0.6 is 0 Å².